The second-order valence-corrected chi connectivity index (χ2v) is 6.46. The van der Waals surface area contributed by atoms with Crippen LogP contribution in [0.5, 0.6) is 0 Å². The summed E-state index contributed by atoms with van der Waals surface area (Å²) in [6, 6.07) is 4.49. The van der Waals surface area contributed by atoms with Crippen molar-refractivity contribution in [2.75, 3.05) is 0 Å². The maximum atomic E-state index is 12.3. The van der Waals surface area contributed by atoms with Crippen LogP contribution in [0.25, 0.3) is 10.2 Å². The molecular formula is C8H4ClF2NO2S2. The van der Waals surface area contributed by atoms with Crippen molar-refractivity contribution in [1.82, 2.24) is 4.98 Å². The van der Waals surface area contributed by atoms with Gasteiger partial charge in [0.15, 0.2) is 0 Å². The number of thiazole rings is 1. The highest BCUT2D eigenvalue weighted by molar-refractivity contribution is 7.93. The molecule has 1 aromatic carbocycles. The highest BCUT2D eigenvalue weighted by atomic mass is 35.5. The zero-order valence-corrected chi connectivity index (χ0v) is 9.91. The van der Waals surface area contributed by atoms with Crippen molar-refractivity contribution < 1.29 is 17.2 Å². The van der Waals surface area contributed by atoms with Crippen molar-refractivity contribution in [1.29, 1.82) is 0 Å². The molecule has 0 spiro atoms. The first-order valence-electron chi connectivity index (χ1n) is 3.99. The number of benzene rings is 1. The lowest BCUT2D eigenvalue weighted by Gasteiger charge is -1.95. The molecule has 2 rings (SSSR count). The van der Waals surface area contributed by atoms with E-state index in [1.165, 1.54) is 18.2 Å². The third-order valence-electron chi connectivity index (χ3n) is 1.81. The van der Waals surface area contributed by atoms with E-state index in [2.05, 4.69) is 4.98 Å². The quantitative estimate of drug-likeness (QED) is 0.851. The summed E-state index contributed by atoms with van der Waals surface area (Å²) in [4.78, 5) is 3.64. The number of fused-ring (bicyclic) bond motifs is 1. The van der Waals surface area contributed by atoms with Gasteiger partial charge in [0, 0.05) is 5.02 Å². The van der Waals surface area contributed by atoms with Gasteiger partial charge in [-0.3, -0.25) is 0 Å². The first-order valence-corrected chi connectivity index (χ1v) is 6.73. The van der Waals surface area contributed by atoms with E-state index >= 15 is 0 Å². The second-order valence-electron chi connectivity index (χ2n) is 2.90. The highest BCUT2D eigenvalue weighted by Crippen LogP contribution is 2.30. The predicted octanol–water partition coefficient (Wildman–Crippen LogP) is 2.95. The minimum atomic E-state index is -4.62. The lowest BCUT2D eigenvalue weighted by atomic mass is 10.3. The summed E-state index contributed by atoms with van der Waals surface area (Å²) >= 11 is 6.37. The summed E-state index contributed by atoms with van der Waals surface area (Å²) < 4.78 is 46.7. The average Bonchev–Trinajstić information content (AvgIpc) is 2.60. The van der Waals surface area contributed by atoms with Crippen LogP contribution in [0.2, 0.25) is 5.02 Å². The van der Waals surface area contributed by atoms with Gasteiger partial charge in [-0.25, -0.2) is 13.4 Å². The zero-order valence-electron chi connectivity index (χ0n) is 7.52. The van der Waals surface area contributed by atoms with Gasteiger partial charge in [0.25, 0.3) is 9.84 Å². The number of sulfone groups is 1. The molecule has 1 aromatic heterocycles. The fourth-order valence-electron chi connectivity index (χ4n) is 1.08. The summed E-state index contributed by atoms with van der Waals surface area (Å²) in [5.41, 5.74) is 0.341. The number of alkyl halides is 2. The van der Waals surface area contributed by atoms with Gasteiger partial charge in [-0.15, -0.1) is 11.3 Å². The second kappa shape index (κ2) is 3.90. The van der Waals surface area contributed by atoms with E-state index in [1.807, 2.05) is 0 Å². The molecule has 2 aromatic rings. The molecule has 0 N–H and O–H groups in total. The van der Waals surface area contributed by atoms with Crippen LogP contribution < -0.4 is 0 Å². The fraction of sp³-hybridized carbons (Fsp3) is 0.125. The first kappa shape index (κ1) is 11.7. The smallest absolute Gasteiger partial charge is 0.225 e. The predicted molar refractivity (Wildman–Crippen MR) is 57.8 cm³/mol. The Labute approximate surface area is 98.6 Å². The Morgan fingerprint density at radius 1 is 1.38 bits per heavy atom. The van der Waals surface area contributed by atoms with Gasteiger partial charge in [-0.05, 0) is 18.2 Å². The van der Waals surface area contributed by atoms with Crippen LogP contribution in [0.1, 0.15) is 0 Å². The third-order valence-corrected chi connectivity index (χ3v) is 4.85. The molecule has 8 heteroatoms. The Bertz CT molecular complexity index is 639. The molecule has 3 nitrogen and oxygen atoms in total. The first-order chi connectivity index (χ1) is 7.41. The molecule has 16 heavy (non-hydrogen) atoms. The summed E-state index contributed by atoms with van der Waals surface area (Å²) in [5.74, 6) is -3.46. The van der Waals surface area contributed by atoms with E-state index in [9.17, 15) is 17.2 Å². The van der Waals surface area contributed by atoms with Crippen LogP contribution in [-0.2, 0) is 9.84 Å². The molecule has 0 atom stereocenters. The Morgan fingerprint density at radius 2 is 2.06 bits per heavy atom. The van der Waals surface area contributed by atoms with Crippen molar-refractivity contribution in [2.24, 2.45) is 0 Å². The van der Waals surface area contributed by atoms with Gasteiger partial charge in [0.05, 0.1) is 10.2 Å². The van der Waals surface area contributed by atoms with E-state index in [0.29, 0.717) is 26.6 Å². The van der Waals surface area contributed by atoms with Crippen LogP contribution in [0.15, 0.2) is 22.5 Å². The molecule has 0 amide bonds. The zero-order chi connectivity index (χ0) is 11.9. The van der Waals surface area contributed by atoms with Crippen molar-refractivity contribution in [3.63, 3.8) is 0 Å². The third kappa shape index (κ3) is 1.90. The van der Waals surface area contributed by atoms with E-state index < -0.39 is 19.9 Å². The van der Waals surface area contributed by atoms with Gasteiger partial charge in [-0.1, -0.05) is 11.6 Å². The molecule has 0 radical (unpaired) electrons. The van der Waals surface area contributed by atoms with E-state index in [0.717, 1.165) is 0 Å². The minimum Gasteiger partial charge on any atom is -0.225 e. The maximum absolute atomic E-state index is 12.3. The molecular weight excluding hydrogens is 280 g/mol. The van der Waals surface area contributed by atoms with Gasteiger partial charge in [0.2, 0.25) is 4.34 Å². The van der Waals surface area contributed by atoms with Crippen molar-refractivity contribution >= 4 is 43.0 Å². The maximum Gasteiger partial charge on any atom is 0.343 e. The number of aromatic nitrogens is 1. The highest BCUT2D eigenvalue weighted by Gasteiger charge is 2.30. The molecule has 0 aliphatic rings. The van der Waals surface area contributed by atoms with Crippen molar-refractivity contribution in [2.45, 2.75) is 10.1 Å². The minimum absolute atomic E-state index is 0.341. The molecule has 0 aliphatic heterocycles. The van der Waals surface area contributed by atoms with Crippen LogP contribution in [-0.4, -0.2) is 19.2 Å². The Morgan fingerprint density at radius 3 is 2.69 bits per heavy atom. The topological polar surface area (TPSA) is 47.0 Å². The van der Waals surface area contributed by atoms with E-state index in [4.69, 9.17) is 11.6 Å². The average molecular weight is 284 g/mol. The van der Waals surface area contributed by atoms with Crippen LogP contribution >= 0.6 is 22.9 Å². The van der Waals surface area contributed by atoms with Gasteiger partial charge < -0.3 is 0 Å². The molecule has 0 saturated carbocycles. The van der Waals surface area contributed by atoms with Crippen LogP contribution in [0.4, 0.5) is 8.78 Å². The molecule has 0 unspecified atom stereocenters. The number of rotatable bonds is 2. The molecule has 0 saturated heterocycles. The number of halogens is 3. The van der Waals surface area contributed by atoms with Gasteiger partial charge in [0.1, 0.15) is 0 Å². The van der Waals surface area contributed by atoms with Crippen molar-refractivity contribution in [3.8, 4) is 0 Å². The van der Waals surface area contributed by atoms with Crippen molar-refractivity contribution in [3.05, 3.63) is 23.2 Å². The van der Waals surface area contributed by atoms with E-state index in [1.54, 1.807) is 0 Å². The fourth-order valence-corrected chi connectivity index (χ4v) is 3.38. The summed E-state index contributed by atoms with van der Waals surface area (Å²) in [6.07, 6.45) is 0. The molecule has 1 heterocycles. The molecule has 86 valence electrons. The standard InChI is InChI=1S/C8H4ClF2NO2S2/c9-4-1-2-5-6(3-4)15-8(12-5)16(13,14)7(10)11/h1-3,7H. The van der Waals surface area contributed by atoms with Crippen LogP contribution in [0, 0.1) is 0 Å². The largest absolute Gasteiger partial charge is 0.343 e. The Hall–Kier alpha value is -0.790. The number of nitrogens with zero attached hydrogens (tertiary/aromatic N) is 1. The lowest BCUT2D eigenvalue weighted by molar-refractivity contribution is 0.234. The monoisotopic (exact) mass is 283 g/mol. The number of hydrogen-bond acceptors (Lipinski definition) is 4. The molecule has 0 bridgehead atoms. The Kier molecular flexibility index (Phi) is 2.85. The lowest BCUT2D eigenvalue weighted by Crippen LogP contribution is -2.10. The SMILES string of the molecule is O=S(=O)(c1nc2ccc(Cl)cc2s1)C(F)F. The van der Waals surface area contributed by atoms with Crippen LogP contribution in [0.3, 0.4) is 0 Å². The summed E-state index contributed by atoms with van der Waals surface area (Å²) in [7, 11) is -4.62. The Balaban J connectivity index is 2.65. The van der Waals surface area contributed by atoms with E-state index in [-0.39, 0.29) is 0 Å². The molecule has 0 fully saturated rings. The molecule has 0 aliphatic carbocycles. The summed E-state index contributed by atoms with van der Waals surface area (Å²) in [5, 5.41) is 0.400. The number of hydrogen-bond donors (Lipinski definition) is 0. The van der Waals surface area contributed by atoms with Gasteiger partial charge >= 0.3 is 5.76 Å². The normalized spacial score (nSPS) is 12.5. The summed E-state index contributed by atoms with van der Waals surface area (Å²) in [6.45, 7) is 0. The van der Waals surface area contributed by atoms with Gasteiger partial charge in [-0.2, -0.15) is 8.78 Å².